The van der Waals surface area contributed by atoms with E-state index in [4.69, 9.17) is 0 Å². The fourth-order valence-electron chi connectivity index (χ4n) is 3.29. The molecule has 0 aromatic heterocycles. The van der Waals surface area contributed by atoms with E-state index in [9.17, 15) is 22.0 Å². The summed E-state index contributed by atoms with van der Waals surface area (Å²) in [6, 6.07) is 17.6. The minimum atomic E-state index is -4.13. The minimum absolute atomic E-state index is 0.218. The van der Waals surface area contributed by atoms with Gasteiger partial charge in [0.2, 0.25) is 0 Å². The number of amides is 2. The fraction of sp³-hybridized carbons (Fsp3) is 0.0909. The van der Waals surface area contributed by atoms with Crippen LogP contribution in [0.5, 0.6) is 0 Å². The van der Waals surface area contributed by atoms with Crippen LogP contribution >= 0.6 is 0 Å². The Bertz CT molecular complexity index is 1250. The summed E-state index contributed by atoms with van der Waals surface area (Å²) in [6.45, 7) is 0. The molecule has 0 bridgehead atoms. The van der Waals surface area contributed by atoms with Crippen molar-refractivity contribution in [3.05, 3.63) is 102 Å². The number of hydrogen-bond acceptors (Lipinski definition) is 4. The normalized spacial score (nSPS) is 16.0. The average Bonchev–Trinajstić information content (AvgIpc) is 3.24. The van der Waals surface area contributed by atoms with E-state index in [0.29, 0.717) is 17.7 Å². The van der Waals surface area contributed by atoms with Crippen LogP contribution in [0.25, 0.3) is 0 Å². The molecular weight excluding hydrogens is 438 g/mol. The van der Waals surface area contributed by atoms with Gasteiger partial charge in [0.25, 0.3) is 10.0 Å². The van der Waals surface area contributed by atoms with Gasteiger partial charge in [0.15, 0.2) is 0 Å². The smallest absolute Gasteiger partial charge is 0.258 e. The zero-order chi connectivity index (χ0) is 22.7. The molecule has 1 atom stereocenters. The first-order valence-corrected chi connectivity index (χ1v) is 11.1. The largest absolute Gasteiger partial charge is 0.353 e. The van der Waals surface area contributed by atoms with Crippen LogP contribution < -0.4 is 10.3 Å². The van der Waals surface area contributed by atoms with Gasteiger partial charge in [-0.3, -0.25) is 5.43 Å². The molecule has 0 aliphatic carbocycles. The SMILES string of the molecule is O=C(NNS(=O)(=O)c1ccc(F)cc1)N1N=C(c2ccccc2)CC1c1ccc(F)cc1. The fourth-order valence-corrected chi connectivity index (χ4v) is 4.12. The Hall–Kier alpha value is -3.63. The highest BCUT2D eigenvalue weighted by Gasteiger charge is 2.33. The number of nitrogens with zero attached hydrogens (tertiary/aromatic N) is 2. The third-order valence-electron chi connectivity index (χ3n) is 4.90. The standard InChI is InChI=1S/C22H18F2N4O3S/c23-17-8-6-16(7-9-17)21-14-20(15-4-2-1-3-5-15)26-28(21)22(29)25-27-32(30,31)19-12-10-18(24)11-13-19/h1-13,21,27H,14H2,(H,25,29). The number of rotatable bonds is 5. The van der Waals surface area contributed by atoms with E-state index in [1.165, 1.54) is 12.1 Å². The summed E-state index contributed by atoms with van der Waals surface area (Å²) in [6.07, 6.45) is 0.355. The first-order valence-electron chi connectivity index (χ1n) is 9.58. The molecular formula is C22H18F2N4O3S. The number of sulfonamides is 1. The maximum atomic E-state index is 13.4. The molecule has 2 amide bonds. The topological polar surface area (TPSA) is 90.9 Å². The van der Waals surface area contributed by atoms with Crippen molar-refractivity contribution in [2.24, 2.45) is 5.10 Å². The van der Waals surface area contributed by atoms with Crippen LogP contribution in [0.2, 0.25) is 0 Å². The van der Waals surface area contributed by atoms with Gasteiger partial charge in [-0.25, -0.2) is 27.0 Å². The predicted molar refractivity (Wildman–Crippen MR) is 114 cm³/mol. The van der Waals surface area contributed by atoms with Crippen LogP contribution in [0.3, 0.4) is 0 Å². The van der Waals surface area contributed by atoms with Gasteiger partial charge in [0, 0.05) is 6.42 Å². The molecule has 0 saturated heterocycles. The van der Waals surface area contributed by atoms with Crippen molar-refractivity contribution < 1.29 is 22.0 Å². The molecule has 0 fully saturated rings. The number of nitrogens with one attached hydrogen (secondary N) is 2. The number of halogens is 2. The summed E-state index contributed by atoms with van der Waals surface area (Å²) >= 11 is 0. The molecule has 3 aromatic rings. The van der Waals surface area contributed by atoms with Gasteiger partial charge < -0.3 is 0 Å². The van der Waals surface area contributed by atoms with E-state index in [-0.39, 0.29) is 4.90 Å². The summed E-state index contributed by atoms with van der Waals surface area (Å²) in [4.78, 5) is 14.6. The average molecular weight is 456 g/mol. The van der Waals surface area contributed by atoms with Gasteiger partial charge in [0.1, 0.15) is 11.6 Å². The van der Waals surface area contributed by atoms with Crippen LogP contribution in [0, 0.1) is 11.6 Å². The van der Waals surface area contributed by atoms with Crippen LogP contribution in [0.4, 0.5) is 13.6 Å². The van der Waals surface area contributed by atoms with Crippen molar-refractivity contribution >= 4 is 21.8 Å². The number of urea groups is 1. The molecule has 1 unspecified atom stereocenters. The van der Waals surface area contributed by atoms with Gasteiger partial charge in [0.05, 0.1) is 16.6 Å². The Labute approximate surface area is 183 Å². The maximum Gasteiger partial charge on any atom is 0.353 e. The van der Waals surface area contributed by atoms with Crippen molar-refractivity contribution in [1.82, 2.24) is 15.3 Å². The number of hydrogen-bond donors (Lipinski definition) is 2. The molecule has 1 heterocycles. The van der Waals surface area contributed by atoms with Crippen molar-refractivity contribution in [1.29, 1.82) is 0 Å². The summed E-state index contributed by atoms with van der Waals surface area (Å²) in [5, 5.41) is 5.50. The molecule has 0 saturated carbocycles. The third-order valence-corrected chi connectivity index (χ3v) is 6.16. The highest BCUT2D eigenvalue weighted by Crippen LogP contribution is 2.32. The number of benzene rings is 3. The molecule has 1 aliphatic rings. The molecule has 0 radical (unpaired) electrons. The van der Waals surface area contributed by atoms with E-state index in [0.717, 1.165) is 34.8 Å². The van der Waals surface area contributed by atoms with Crippen LogP contribution in [0.1, 0.15) is 23.6 Å². The second-order valence-electron chi connectivity index (χ2n) is 7.02. The molecule has 1 aliphatic heterocycles. The summed E-state index contributed by atoms with van der Waals surface area (Å²) < 4.78 is 51.2. The minimum Gasteiger partial charge on any atom is -0.258 e. The Morgan fingerprint density at radius 3 is 2.12 bits per heavy atom. The first-order chi connectivity index (χ1) is 15.3. The number of carbonyl (C=O) groups excluding carboxylic acids is 1. The van der Waals surface area contributed by atoms with Crippen molar-refractivity contribution in [3.63, 3.8) is 0 Å². The molecule has 2 N–H and O–H groups in total. The second kappa shape index (κ2) is 8.85. The molecule has 32 heavy (non-hydrogen) atoms. The van der Waals surface area contributed by atoms with Crippen LogP contribution in [0.15, 0.2) is 88.9 Å². The molecule has 3 aromatic carbocycles. The lowest BCUT2D eigenvalue weighted by atomic mass is 9.98. The van der Waals surface area contributed by atoms with E-state index in [1.54, 1.807) is 12.1 Å². The molecule has 4 rings (SSSR count). The molecule has 10 heteroatoms. The number of hydrazone groups is 1. The zero-order valence-electron chi connectivity index (χ0n) is 16.6. The van der Waals surface area contributed by atoms with Gasteiger partial charge >= 0.3 is 6.03 Å². The summed E-state index contributed by atoms with van der Waals surface area (Å²) in [5.41, 5.74) is 4.20. The quantitative estimate of drug-likeness (QED) is 0.574. The Morgan fingerprint density at radius 1 is 0.906 bits per heavy atom. The maximum absolute atomic E-state index is 13.4. The second-order valence-corrected chi connectivity index (χ2v) is 8.70. The van der Waals surface area contributed by atoms with E-state index in [2.05, 4.69) is 10.5 Å². The lowest BCUT2D eigenvalue weighted by Crippen LogP contribution is -2.47. The molecule has 7 nitrogen and oxygen atoms in total. The monoisotopic (exact) mass is 456 g/mol. The number of carbonyl (C=O) groups is 1. The first kappa shape index (κ1) is 21.6. The summed E-state index contributed by atoms with van der Waals surface area (Å²) in [5.74, 6) is -1.01. The van der Waals surface area contributed by atoms with Gasteiger partial charge in [-0.1, -0.05) is 42.5 Å². The van der Waals surface area contributed by atoms with Gasteiger partial charge in [-0.15, -0.1) is 4.83 Å². The molecule has 164 valence electrons. The van der Waals surface area contributed by atoms with E-state index < -0.39 is 33.7 Å². The van der Waals surface area contributed by atoms with Gasteiger partial charge in [-0.2, -0.15) is 5.10 Å². The van der Waals surface area contributed by atoms with E-state index >= 15 is 0 Å². The Kier molecular flexibility index (Phi) is 5.97. The van der Waals surface area contributed by atoms with Crippen molar-refractivity contribution in [3.8, 4) is 0 Å². The van der Waals surface area contributed by atoms with Crippen molar-refractivity contribution in [2.75, 3.05) is 0 Å². The van der Waals surface area contributed by atoms with E-state index in [1.807, 2.05) is 35.2 Å². The third kappa shape index (κ3) is 4.66. The van der Waals surface area contributed by atoms with Gasteiger partial charge in [-0.05, 0) is 47.5 Å². The van der Waals surface area contributed by atoms with Crippen LogP contribution in [-0.2, 0) is 10.0 Å². The summed E-state index contributed by atoms with van der Waals surface area (Å²) in [7, 11) is -4.13. The molecule has 0 spiro atoms. The zero-order valence-corrected chi connectivity index (χ0v) is 17.4. The van der Waals surface area contributed by atoms with Crippen LogP contribution in [-0.4, -0.2) is 25.2 Å². The number of hydrazine groups is 1. The highest BCUT2D eigenvalue weighted by atomic mass is 32.2. The highest BCUT2D eigenvalue weighted by molar-refractivity contribution is 7.89. The lowest BCUT2D eigenvalue weighted by molar-refractivity contribution is 0.184. The Balaban J connectivity index is 1.57. The lowest BCUT2D eigenvalue weighted by Gasteiger charge is -2.22. The Morgan fingerprint density at radius 2 is 1.50 bits per heavy atom. The van der Waals surface area contributed by atoms with Crippen molar-refractivity contribution in [2.45, 2.75) is 17.4 Å². The predicted octanol–water partition coefficient (Wildman–Crippen LogP) is 3.72.